The highest BCUT2D eigenvalue weighted by Crippen LogP contribution is 2.31. The first-order valence-electron chi connectivity index (χ1n) is 7.17. The minimum Gasteiger partial charge on any atom is -0.367 e. The van der Waals surface area contributed by atoms with Gasteiger partial charge in [-0.25, -0.2) is 0 Å². The van der Waals surface area contributed by atoms with Gasteiger partial charge >= 0.3 is 6.18 Å². The summed E-state index contributed by atoms with van der Waals surface area (Å²) < 4.78 is 38.5. The van der Waals surface area contributed by atoms with Crippen molar-refractivity contribution in [3.8, 4) is 11.4 Å². The molecule has 0 spiro atoms. The molecule has 0 aliphatic carbocycles. The molecule has 1 heterocycles. The summed E-state index contributed by atoms with van der Waals surface area (Å²) in [6, 6.07) is 12.1. The molecule has 1 aromatic heterocycles. The van der Waals surface area contributed by atoms with Gasteiger partial charge in [0.1, 0.15) is 0 Å². The van der Waals surface area contributed by atoms with Crippen molar-refractivity contribution < 1.29 is 18.0 Å². The molecule has 0 fully saturated rings. The number of amides is 1. The molecule has 0 saturated heterocycles. The average molecular weight is 347 g/mol. The smallest absolute Gasteiger partial charge is 0.367 e. The summed E-state index contributed by atoms with van der Waals surface area (Å²) >= 11 is 0. The Morgan fingerprint density at radius 3 is 2.44 bits per heavy atom. The van der Waals surface area contributed by atoms with E-state index >= 15 is 0 Å². The molecule has 0 aliphatic heterocycles. The van der Waals surface area contributed by atoms with Crippen LogP contribution in [0.1, 0.15) is 17.2 Å². The molecule has 9 heteroatoms. The van der Waals surface area contributed by atoms with E-state index in [1.807, 2.05) is 0 Å². The van der Waals surface area contributed by atoms with E-state index in [0.29, 0.717) is 5.56 Å². The van der Waals surface area contributed by atoms with Crippen LogP contribution in [0.15, 0.2) is 54.6 Å². The van der Waals surface area contributed by atoms with E-state index in [1.165, 1.54) is 12.1 Å². The van der Waals surface area contributed by atoms with Gasteiger partial charge in [0, 0.05) is 5.56 Å². The zero-order valence-corrected chi connectivity index (χ0v) is 12.7. The van der Waals surface area contributed by atoms with Gasteiger partial charge < -0.3 is 5.73 Å². The SMILES string of the molecule is NC(=O)[C@@H](c1ccccc1)n1nnc(-c2cccc(C(F)(F)F)c2)n1. The van der Waals surface area contributed by atoms with Crippen LogP contribution in [0.2, 0.25) is 0 Å². The molecule has 0 unspecified atom stereocenters. The second-order valence-corrected chi connectivity index (χ2v) is 5.23. The van der Waals surface area contributed by atoms with Crippen molar-refractivity contribution in [3.05, 3.63) is 65.7 Å². The van der Waals surface area contributed by atoms with Gasteiger partial charge in [0.15, 0.2) is 6.04 Å². The molecular weight excluding hydrogens is 335 g/mol. The minimum atomic E-state index is -4.48. The first-order chi connectivity index (χ1) is 11.9. The molecular formula is C16H12F3N5O. The topological polar surface area (TPSA) is 86.7 Å². The molecule has 0 radical (unpaired) electrons. The number of alkyl halides is 3. The van der Waals surface area contributed by atoms with Crippen molar-refractivity contribution in [1.82, 2.24) is 20.2 Å². The Morgan fingerprint density at radius 2 is 1.80 bits per heavy atom. The lowest BCUT2D eigenvalue weighted by Gasteiger charge is -2.11. The predicted octanol–water partition coefficient (Wildman–Crippen LogP) is 2.43. The summed E-state index contributed by atoms with van der Waals surface area (Å²) in [6.45, 7) is 0. The number of hydrogen-bond donors (Lipinski definition) is 1. The molecule has 25 heavy (non-hydrogen) atoms. The quantitative estimate of drug-likeness (QED) is 0.785. The lowest BCUT2D eigenvalue weighted by molar-refractivity contribution is -0.137. The highest BCUT2D eigenvalue weighted by Gasteiger charge is 2.31. The number of rotatable bonds is 4. The van der Waals surface area contributed by atoms with Gasteiger partial charge in [0.25, 0.3) is 0 Å². The van der Waals surface area contributed by atoms with Crippen molar-refractivity contribution in [3.63, 3.8) is 0 Å². The monoisotopic (exact) mass is 347 g/mol. The molecule has 1 amide bonds. The maximum Gasteiger partial charge on any atom is 0.416 e. The molecule has 3 rings (SSSR count). The van der Waals surface area contributed by atoms with Gasteiger partial charge in [-0.3, -0.25) is 4.79 Å². The van der Waals surface area contributed by atoms with Crippen LogP contribution < -0.4 is 5.73 Å². The zero-order valence-electron chi connectivity index (χ0n) is 12.7. The number of nitrogens with two attached hydrogens (primary N) is 1. The van der Waals surface area contributed by atoms with Crippen molar-refractivity contribution in [2.24, 2.45) is 5.73 Å². The van der Waals surface area contributed by atoms with Crippen LogP contribution in [0, 0.1) is 0 Å². The molecule has 128 valence electrons. The number of benzene rings is 2. The first-order valence-corrected chi connectivity index (χ1v) is 7.17. The van der Waals surface area contributed by atoms with Gasteiger partial charge in [0.2, 0.25) is 11.7 Å². The normalized spacial score (nSPS) is 12.8. The van der Waals surface area contributed by atoms with Crippen LogP contribution in [0.5, 0.6) is 0 Å². The van der Waals surface area contributed by atoms with Crippen LogP contribution >= 0.6 is 0 Å². The van der Waals surface area contributed by atoms with Crippen molar-refractivity contribution in [2.75, 3.05) is 0 Å². The molecule has 0 bridgehead atoms. The molecule has 0 aliphatic rings. The lowest BCUT2D eigenvalue weighted by atomic mass is 10.1. The molecule has 1 atom stereocenters. The summed E-state index contributed by atoms with van der Waals surface area (Å²) in [7, 11) is 0. The second kappa shape index (κ2) is 6.34. The van der Waals surface area contributed by atoms with E-state index < -0.39 is 23.7 Å². The fourth-order valence-electron chi connectivity index (χ4n) is 2.33. The van der Waals surface area contributed by atoms with Crippen molar-refractivity contribution in [2.45, 2.75) is 12.2 Å². The molecule has 2 aromatic carbocycles. The first kappa shape index (κ1) is 16.6. The highest BCUT2D eigenvalue weighted by atomic mass is 19.4. The highest BCUT2D eigenvalue weighted by molar-refractivity contribution is 5.81. The van der Waals surface area contributed by atoms with Gasteiger partial charge in [-0.05, 0) is 22.9 Å². The van der Waals surface area contributed by atoms with E-state index in [4.69, 9.17) is 5.73 Å². The van der Waals surface area contributed by atoms with Crippen LogP contribution in [0.4, 0.5) is 13.2 Å². The van der Waals surface area contributed by atoms with Gasteiger partial charge in [-0.15, -0.1) is 15.0 Å². The number of carbonyl (C=O) groups is 1. The molecule has 3 aromatic rings. The Morgan fingerprint density at radius 1 is 1.08 bits per heavy atom. The number of aromatic nitrogens is 4. The number of tetrazole rings is 1. The van der Waals surface area contributed by atoms with Crippen molar-refractivity contribution >= 4 is 5.91 Å². The van der Waals surface area contributed by atoms with Crippen molar-refractivity contribution in [1.29, 1.82) is 0 Å². The van der Waals surface area contributed by atoms with E-state index in [1.54, 1.807) is 30.3 Å². The lowest BCUT2D eigenvalue weighted by Crippen LogP contribution is -2.29. The van der Waals surface area contributed by atoms with Crippen LogP contribution in [0.3, 0.4) is 0 Å². The summed E-state index contributed by atoms with van der Waals surface area (Å²) in [4.78, 5) is 12.8. The Bertz CT molecular complexity index is 892. The number of hydrogen-bond acceptors (Lipinski definition) is 4. The summed E-state index contributed by atoms with van der Waals surface area (Å²) in [5.74, 6) is -0.743. The standard InChI is InChI=1S/C16H12F3N5O/c17-16(18,19)12-8-4-7-11(9-12)15-21-23-24(22-15)13(14(20)25)10-5-2-1-3-6-10/h1-9,13H,(H2,20,25)/t13-/m1/s1. The Hall–Kier alpha value is -3.23. The third-order valence-corrected chi connectivity index (χ3v) is 3.49. The van der Waals surface area contributed by atoms with Gasteiger partial charge in [-0.2, -0.15) is 13.2 Å². The Labute approximate surface area is 140 Å². The fourth-order valence-corrected chi connectivity index (χ4v) is 2.33. The van der Waals surface area contributed by atoms with Gasteiger partial charge in [-0.1, -0.05) is 42.5 Å². The molecule has 2 N–H and O–H groups in total. The summed E-state index contributed by atoms with van der Waals surface area (Å²) in [6.07, 6.45) is -4.48. The van der Waals surface area contributed by atoms with Crippen LogP contribution in [0.25, 0.3) is 11.4 Å². The Kier molecular flexibility index (Phi) is 4.22. The molecule has 0 saturated carbocycles. The third-order valence-electron chi connectivity index (χ3n) is 3.49. The number of carbonyl (C=O) groups excluding carboxylic acids is 1. The van der Waals surface area contributed by atoms with Crippen LogP contribution in [-0.4, -0.2) is 26.1 Å². The number of nitrogens with zero attached hydrogens (tertiary/aromatic N) is 4. The summed E-state index contributed by atoms with van der Waals surface area (Å²) in [5, 5.41) is 11.5. The van der Waals surface area contributed by atoms with E-state index in [0.717, 1.165) is 16.9 Å². The summed E-state index contributed by atoms with van der Waals surface area (Å²) in [5.41, 5.74) is 5.27. The predicted molar refractivity (Wildman–Crippen MR) is 82.0 cm³/mol. The Balaban J connectivity index is 1.98. The number of halogens is 3. The molecule has 6 nitrogen and oxygen atoms in total. The van der Waals surface area contributed by atoms with E-state index in [9.17, 15) is 18.0 Å². The maximum absolute atomic E-state index is 12.8. The van der Waals surface area contributed by atoms with E-state index in [-0.39, 0.29) is 11.4 Å². The maximum atomic E-state index is 12.8. The minimum absolute atomic E-state index is 0.0340. The third kappa shape index (κ3) is 3.49. The zero-order chi connectivity index (χ0) is 18.0. The second-order valence-electron chi connectivity index (χ2n) is 5.23. The number of primary amides is 1. The fraction of sp³-hybridized carbons (Fsp3) is 0.125. The van der Waals surface area contributed by atoms with E-state index in [2.05, 4.69) is 15.4 Å². The van der Waals surface area contributed by atoms with Gasteiger partial charge in [0.05, 0.1) is 5.56 Å². The average Bonchev–Trinajstić information content (AvgIpc) is 3.04. The van der Waals surface area contributed by atoms with Crippen LogP contribution in [-0.2, 0) is 11.0 Å². The largest absolute Gasteiger partial charge is 0.416 e.